The predicted molar refractivity (Wildman–Crippen MR) is 88.4 cm³/mol. The van der Waals surface area contributed by atoms with Gasteiger partial charge in [0.05, 0.1) is 11.8 Å². The molecule has 0 heterocycles. The SMILES string of the molecule is Cc1cccc(OP(=S)([O+]c2cccc(C)c2)S[NH3+])c1. The van der Waals surface area contributed by atoms with Crippen LogP contribution in [0.2, 0.25) is 0 Å². The lowest BCUT2D eigenvalue weighted by Crippen LogP contribution is -2.36. The Morgan fingerprint density at radius 2 is 1.75 bits per heavy atom. The molecule has 1 radical (unpaired) electrons. The van der Waals surface area contributed by atoms with Crippen LogP contribution in [0.25, 0.3) is 0 Å². The molecule has 0 unspecified atom stereocenters. The van der Waals surface area contributed by atoms with Gasteiger partial charge in [0, 0.05) is 12.1 Å². The highest BCUT2D eigenvalue weighted by Crippen LogP contribution is 2.56. The van der Waals surface area contributed by atoms with Gasteiger partial charge in [-0.25, -0.2) is 0 Å². The van der Waals surface area contributed by atoms with E-state index in [2.05, 4.69) is 5.14 Å². The summed E-state index contributed by atoms with van der Waals surface area (Å²) >= 11 is 6.73. The summed E-state index contributed by atoms with van der Waals surface area (Å²) in [7, 11) is 0. The van der Waals surface area contributed by atoms with Crippen LogP contribution in [0.4, 0.5) is 0 Å². The Kier molecular flexibility index (Phi) is 5.11. The topological polar surface area (TPSA) is 48.2 Å². The third-order valence-electron chi connectivity index (χ3n) is 2.57. The van der Waals surface area contributed by atoms with E-state index in [1.165, 1.54) is 11.6 Å². The van der Waals surface area contributed by atoms with Crippen molar-refractivity contribution in [3.63, 3.8) is 0 Å². The molecule has 3 nitrogen and oxygen atoms in total. The molecular formula is C14H17NO2PS2+2. The highest BCUT2D eigenvalue weighted by molar-refractivity contribution is 8.65. The molecule has 105 valence electrons. The van der Waals surface area contributed by atoms with Crippen molar-refractivity contribution in [2.45, 2.75) is 13.8 Å². The van der Waals surface area contributed by atoms with Crippen molar-refractivity contribution in [2.75, 3.05) is 0 Å². The summed E-state index contributed by atoms with van der Waals surface area (Å²) in [6, 6.07) is 15.5. The minimum absolute atomic E-state index is 0.720. The van der Waals surface area contributed by atoms with Crippen molar-refractivity contribution in [3.8, 4) is 11.5 Å². The van der Waals surface area contributed by atoms with Gasteiger partial charge in [-0.1, -0.05) is 24.3 Å². The molecule has 6 heteroatoms. The van der Waals surface area contributed by atoms with Crippen molar-refractivity contribution in [1.82, 2.24) is 0 Å². The summed E-state index contributed by atoms with van der Waals surface area (Å²) in [5, 5.41) is 3.81. The van der Waals surface area contributed by atoms with Crippen molar-refractivity contribution >= 4 is 29.1 Å². The van der Waals surface area contributed by atoms with E-state index in [4.69, 9.17) is 20.9 Å². The highest BCUT2D eigenvalue weighted by atomic mass is 32.9. The molecule has 2 rings (SSSR count). The monoisotopic (exact) mass is 326 g/mol. The molecule has 3 N–H and O–H groups in total. The Morgan fingerprint density at radius 1 is 1.10 bits per heavy atom. The molecule has 0 saturated carbocycles. The maximum absolute atomic E-state index is 5.88. The smallest absolute Gasteiger partial charge is 0.385 e. The first-order chi connectivity index (χ1) is 9.50. The molecule has 0 aliphatic carbocycles. The van der Waals surface area contributed by atoms with Gasteiger partial charge < -0.3 is 4.52 Å². The van der Waals surface area contributed by atoms with Crippen molar-refractivity contribution in [3.05, 3.63) is 59.7 Å². The zero-order valence-electron chi connectivity index (χ0n) is 11.4. The first kappa shape index (κ1) is 15.4. The molecule has 2 aromatic rings. The molecule has 0 atom stereocenters. The van der Waals surface area contributed by atoms with Crippen LogP contribution in [0.3, 0.4) is 0 Å². The van der Waals surface area contributed by atoms with Gasteiger partial charge in [-0.15, -0.1) is 0 Å². The number of hydrogen-bond acceptors (Lipinski definition) is 4. The van der Waals surface area contributed by atoms with E-state index in [9.17, 15) is 0 Å². The second kappa shape index (κ2) is 6.64. The number of rotatable bonds is 5. The molecule has 0 saturated heterocycles. The largest absolute Gasteiger partial charge is 0.624 e. The molecule has 0 aliphatic heterocycles. The second-order valence-electron chi connectivity index (χ2n) is 4.39. The zero-order valence-corrected chi connectivity index (χ0v) is 13.9. The Morgan fingerprint density at radius 3 is 2.35 bits per heavy atom. The van der Waals surface area contributed by atoms with Gasteiger partial charge >= 0.3 is 11.4 Å². The van der Waals surface area contributed by atoms with Gasteiger partial charge in [0.15, 0.2) is 0 Å². The van der Waals surface area contributed by atoms with E-state index in [1.807, 2.05) is 62.4 Å². The molecule has 0 amide bonds. The molecule has 0 aromatic heterocycles. The summed E-state index contributed by atoms with van der Waals surface area (Å²) in [5.41, 5.74) is -0.307. The minimum Gasteiger partial charge on any atom is -0.385 e. The fraction of sp³-hybridized carbons (Fsp3) is 0.143. The lowest BCUT2D eigenvalue weighted by molar-refractivity contribution is -0.133. The van der Waals surface area contributed by atoms with Gasteiger partial charge in [-0.05, 0) is 37.1 Å². The molecule has 0 aliphatic rings. The average molecular weight is 326 g/mol. The Labute approximate surface area is 128 Å². The number of quaternary nitrogens is 1. The molecule has 2 aromatic carbocycles. The third-order valence-corrected chi connectivity index (χ3v) is 6.55. The fourth-order valence-corrected chi connectivity index (χ4v) is 3.91. The number of benzene rings is 2. The van der Waals surface area contributed by atoms with E-state index in [-0.39, 0.29) is 0 Å². The molecular weight excluding hydrogens is 309 g/mol. The van der Waals surface area contributed by atoms with Gasteiger partial charge in [0.2, 0.25) is 0 Å². The predicted octanol–water partition coefficient (Wildman–Crippen LogP) is 3.88. The summed E-state index contributed by atoms with van der Waals surface area (Å²) in [6.45, 7) is 4.02. The summed E-state index contributed by atoms with van der Waals surface area (Å²) in [4.78, 5) is 0. The van der Waals surface area contributed by atoms with Crippen LogP contribution in [0, 0.1) is 13.8 Å². The first-order valence-corrected chi connectivity index (χ1v) is 10.3. The number of hydrogen-bond donors (Lipinski definition) is 1. The van der Waals surface area contributed by atoms with Crippen LogP contribution >= 0.6 is 17.3 Å². The van der Waals surface area contributed by atoms with Crippen molar-refractivity contribution in [2.24, 2.45) is 0 Å². The minimum atomic E-state index is -2.54. The van der Waals surface area contributed by atoms with Crippen LogP contribution in [0.5, 0.6) is 11.5 Å². The van der Waals surface area contributed by atoms with Gasteiger partial charge in [0.1, 0.15) is 5.75 Å². The molecule has 20 heavy (non-hydrogen) atoms. The summed E-state index contributed by atoms with van der Waals surface area (Å²) < 4.78 is 11.8. The second-order valence-corrected chi connectivity index (χ2v) is 10.3. The van der Waals surface area contributed by atoms with Crippen molar-refractivity contribution in [1.29, 1.82) is 0 Å². The van der Waals surface area contributed by atoms with Crippen LogP contribution in [-0.2, 0) is 11.8 Å². The summed E-state index contributed by atoms with van der Waals surface area (Å²) in [6.07, 6.45) is 0. The van der Waals surface area contributed by atoms with E-state index < -0.39 is 5.69 Å². The van der Waals surface area contributed by atoms with Crippen LogP contribution in [0.15, 0.2) is 48.5 Å². The van der Waals surface area contributed by atoms with Crippen LogP contribution in [-0.4, -0.2) is 0 Å². The lowest BCUT2D eigenvalue weighted by atomic mass is 10.2. The van der Waals surface area contributed by atoms with Crippen molar-refractivity contribution < 1.29 is 14.2 Å². The number of aryl methyl sites for hydroxylation is 2. The van der Waals surface area contributed by atoms with Crippen LogP contribution in [0.1, 0.15) is 11.1 Å². The average Bonchev–Trinajstić information content (AvgIpc) is 2.38. The van der Waals surface area contributed by atoms with E-state index >= 15 is 0 Å². The standard InChI is InChI=1S/C14H16NO2PS2/c1-11-5-3-7-13(9-11)16-18(19,20-15)17-14-8-4-6-12(2)10-14/h3-10H,15H2,1-2H3/q+1/p+1. The van der Waals surface area contributed by atoms with Crippen LogP contribution < -0.4 is 14.2 Å². The maximum Gasteiger partial charge on any atom is 0.624 e. The summed E-state index contributed by atoms with van der Waals surface area (Å²) in [5.74, 6) is 1.44. The third kappa shape index (κ3) is 4.25. The Balaban J connectivity index is 2.19. The highest BCUT2D eigenvalue weighted by Gasteiger charge is 2.41. The normalized spacial score (nSPS) is 13.6. The van der Waals surface area contributed by atoms with E-state index in [0.717, 1.165) is 22.6 Å². The quantitative estimate of drug-likeness (QED) is 0.515. The first-order valence-electron chi connectivity index (χ1n) is 6.07. The van der Waals surface area contributed by atoms with E-state index in [1.54, 1.807) is 0 Å². The lowest BCUT2D eigenvalue weighted by Gasteiger charge is -2.08. The van der Waals surface area contributed by atoms with E-state index in [0.29, 0.717) is 0 Å². The maximum atomic E-state index is 5.88. The molecule has 0 fully saturated rings. The Bertz CT molecular complexity index is 597. The molecule has 0 spiro atoms. The van der Waals surface area contributed by atoms with Gasteiger partial charge in [0.25, 0.3) is 11.6 Å². The fourth-order valence-electron chi connectivity index (χ4n) is 1.67. The molecule has 0 bridgehead atoms. The Hall–Kier alpha value is -1.00. The van der Waals surface area contributed by atoms with Gasteiger partial charge in [-0.3, -0.25) is 5.14 Å². The zero-order chi connectivity index (χ0) is 14.6. The van der Waals surface area contributed by atoms with Gasteiger partial charge in [-0.2, -0.15) is 4.52 Å².